The molecule has 0 spiro atoms. The van der Waals surface area contributed by atoms with Gasteiger partial charge in [-0.1, -0.05) is 84.4 Å². The fraction of sp³-hybridized carbons (Fsp3) is 0.217. The Morgan fingerprint density at radius 1 is 0.643 bits per heavy atom. The molecule has 0 aromatic heterocycles. The number of hydrogen-bond donors (Lipinski definition) is 4. The molecule has 0 fully saturated rings. The minimum Gasteiger partial charge on any atom is -0.387 e. The van der Waals surface area contributed by atoms with Crippen LogP contribution in [-0.4, -0.2) is 16.3 Å². The Labute approximate surface area is 171 Å². The summed E-state index contributed by atoms with van der Waals surface area (Å²) in [7, 11) is 0. The first-order valence-corrected chi connectivity index (χ1v) is 9.50. The average molecular weight is 399 g/mol. The Balaban J connectivity index is 0.000000209. The van der Waals surface area contributed by atoms with Crippen molar-refractivity contribution in [1.82, 2.24) is 0 Å². The van der Waals surface area contributed by atoms with Gasteiger partial charge in [0.1, 0.15) is 0 Å². The molecule has 5 heteroatoms. The van der Waals surface area contributed by atoms with E-state index in [2.05, 4.69) is 0 Å². The van der Waals surface area contributed by atoms with Gasteiger partial charge < -0.3 is 21.7 Å². The van der Waals surface area contributed by atoms with E-state index in [0.29, 0.717) is 5.02 Å². The van der Waals surface area contributed by atoms with Crippen molar-refractivity contribution in [3.8, 4) is 0 Å². The van der Waals surface area contributed by atoms with Gasteiger partial charge >= 0.3 is 0 Å². The minimum atomic E-state index is -0.663. The van der Waals surface area contributed by atoms with E-state index in [9.17, 15) is 10.2 Å². The van der Waals surface area contributed by atoms with Crippen LogP contribution in [-0.2, 0) is 0 Å². The highest BCUT2D eigenvalue weighted by molar-refractivity contribution is 6.30. The summed E-state index contributed by atoms with van der Waals surface area (Å²) in [5.74, 6) is 0. The van der Waals surface area contributed by atoms with Crippen molar-refractivity contribution in [2.45, 2.75) is 31.2 Å². The van der Waals surface area contributed by atoms with E-state index >= 15 is 0 Å². The molecule has 0 amide bonds. The fourth-order valence-corrected chi connectivity index (χ4v) is 2.80. The zero-order chi connectivity index (χ0) is 20.5. The van der Waals surface area contributed by atoms with Crippen molar-refractivity contribution >= 4 is 11.6 Å². The summed E-state index contributed by atoms with van der Waals surface area (Å²) in [4.78, 5) is 0. The van der Waals surface area contributed by atoms with Crippen LogP contribution in [0.1, 0.15) is 41.9 Å². The van der Waals surface area contributed by atoms with E-state index in [1.54, 1.807) is 31.2 Å². The molecule has 3 rings (SSSR count). The summed E-state index contributed by atoms with van der Waals surface area (Å²) in [5, 5.41) is 20.3. The Hall–Kier alpha value is -2.21. The lowest BCUT2D eigenvalue weighted by atomic mass is 9.97. The Morgan fingerprint density at radius 2 is 1.07 bits per heavy atom. The van der Waals surface area contributed by atoms with Gasteiger partial charge in [-0.3, -0.25) is 0 Å². The van der Waals surface area contributed by atoms with Crippen molar-refractivity contribution in [3.63, 3.8) is 0 Å². The molecule has 0 aliphatic rings. The van der Waals surface area contributed by atoms with Gasteiger partial charge in [-0.05, 0) is 35.7 Å². The molecule has 0 saturated heterocycles. The molecule has 0 saturated carbocycles. The van der Waals surface area contributed by atoms with E-state index in [-0.39, 0.29) is 12.1 Å². The van der Waals surface area contributed by atoms with Gasteiger partial charge in [0.05, 0.1) is 18.2 Å². The van der Waals surface area contributed by atoms with Crippen LogP contribution in [0.3, 0.4) is 0 Å². The van der Waals surface area contributed by atoms with Crippen LogP contribution in [0.15, 0.2) is 84.9 Å². The lowest BCUT2D eigenvalue weighted by Gasteiger charge is -2.19. The predicted molar refractivity (Wildman–Crippen MR) is 115 cm³/mol. The van der Waals surface area contributed by atoms with Crippen LogP contribution in [0.4, 0.5) is 0 Å². The smallest absolute Gasteiger partial charge is 0.0982 e. The maximum atomic E-state index is 10.1. The predicted octanol–water partition coefficient (Wildman–Crippen LogP) is 4.14. The molecule has 0 radical (unpaired) electrons. The second-order valence-corrected chi connectivity index (χ2v) is 7.08. The van der Waals surface area contributed by atoms with Gasteiger partial charge in [0.2, 0.25) is 0 Å². The molecular weight excluding hydrogens is 372 g/mol. The normalized spacial score (nSPS) is 14.9. The number of nitrogens with two attached hydrogens (primary N) is 2. The third kappa shape index (κ3) is 6.44. The van der Waals surface area contributed by atoms with Crippen LogP contribution < -0.4 is 11.5 Å². The minimum absolute atomic E-state index is 0.258. The summed E-state index contributed by atoms with van der Waals surface area (Å²) in [6.45, 7) is 1.76. The van der Waals surface area contributed by atoms with Crippen molar-refractivity contribution in [1.29, 1.82) is 0 Å². The first kappa shape index (κ1) is 22.1. The Kier molecular flexibility index (Phi) is 8.64. The molecule has 0 aliphatic heterocycles. The number of hydrogen-bond acceptors (Lipinski definition) is 4. The average Bonchev–Trinajstić information content (AvgIpc) is 2.74. The number of benzene rings is 3. The first-order valence-electron chi connectivity index (χ1n) is 9.12. The van der Waals surface area contributed by atoms with Crippen LogP contribution in [0.2, 0.25) is 5.02 Å². The van der Waals surface area contributed by atoms with Crippen LogP contribution >= 0.6 is 11.6 Å². The summed E-state index contributed by atoms with van der Waals surface area (Å²) in [6.07, 6.45) is -1.27. The Bertz CT molecular complexity index is 768. The molecule has 3 aromatic rings. The highest BCUT2D eigenvalue weighted by atomic mass is 35.5. The number of aliphatic hydroxyl groups excluding tert-OH is 2. The van der Waals surface area contributed by atoms with Gasteiger partial charge in [-0.2, -0.15) is 0 Å². The van der Waals surface area contributed by atoms with Crippen molar-refractivity contribution in [3.05, 3.63) is 107 Å². The third-order valence-electron chi connectivity index (χ3n) is 4.38. The second-order valence-electron chi connectivity index (χ2n) is 6.65. The molecule has 0 heterocycles. The largest absolute Gasteiger partial charge is 0.387 e. The molecule has 3 aromatic carbocycles. The van der Waals surface area contributed by atoms with Gasteiger partial charge in [-0.15, -0.1) is 0 Å². The fourth-order valence-electron chi connectivity index (χ4n) is 2.68. The number of rotatable bonds is 5. The molecule has 4 nitrogen and oxygen atoms in total. The van der Waals surface area contributed by atoms with Crippen molar-refractivity contribution < 1.29 is 10.2 Å². The highest BCUT2D eigenvalue weighted by Gasteiger charge is 2.17. The second kappa shape index (κ2) is 11.0. The lowest BCUT2D eigenvalue weighted by Crippen LogP contribution is -2.24. The zero-order valence-corrected chi connectivity index (χ0v) is 16.6. The van der Waals surface area contributed by atoms with Crippen LogP contribution in [0.5, 0.6) is 0 Å². The van der Waals surface area contributed by atoms with Gasteiger partial charge in [0.25, 0.3) is 0 Å². The van der Waals surface area contributed by atoms with Crippen LogP contribution in [0, 0.1) is 0 Å². The van der Waals surface area contributed by atoms with E-state index < -0.39 is 12.2 Å². The van der Waals surface area contributed by atoms with Gasteiger partial charge in [-0.25, -0.2) is 0 Å². The lowest BCUT2D eigenvalue weighted by molar-refractivity contribution is 0.147. The van der Waals surface area contributed by atoms with E-state index in [1.807, 2.05) is 60.7 Å². The maximum absolute atomic E-state index is 10.1. The Morgan fingerprint density at radius 3 is 1.54 bits per heavy atom. The molecule has 4 unspecified atom stereocenters. The highest BCUT2D eigenvalue weighted by Crippen LogP contribution is 2.26. The molecule has 148 valence electrons. The summed E-state index contributed by atoms with van der Waals surface area (Å²) >= 11 is 5.68. The third-order valence-corrected chi connectivity index (χ3v) is 4.63. The topological polar surface area (TPSA) is 92.5 Å². The van der Waals surface area contributed by atoms with Crippen molar-refractivity contribution in [2.24, 2.45) is 11.5 Å². The summed E-state index contributed by atoms with van der Waals surface area (Å²) < 4.78 is 0. The van der Waals surface area contributed by atoms with E-state index in [0.717, 1.165) is 16.7 Å². The summed E-state index contributed by atoms with van der Waals surface area (Å²) in [6, 6.07) is 25.5. The van der Waals surface area contributed by atoms with Gasteiger partial charge in [0.15, 0.2) is 0 Å². The maximum Gasteiger partial charge on any atom is 0.0982 e. The number of halogens is 1. The molecule has 28 heavy (non-hydrogen) atoms. The molecule has 4 atom stereocenters. The van der Waals surface area contributed by atoms with Crippen LogP contribution in [0.25, 0.3) is 0 Å². The van der Waals surface area contributed by atoms with E-state index in [1.165, 1.54) is 0 Å². The molecular formula is C23H27ClN2O2. The standard InChI is InChI=1S/C14H15NO.C9H12ClNO/c15-13(11-7-3-1-4-8-11)14(16)12-9-5-2-6-10-12;1-6(11)9(12)7-2-4-8(10)5-3-7/h1-10,13-14,16H,15H2;2-6,9,12H,11H2,1H3. The SMILES string of the molecule is CC(N)C(O)c1ccc(Cl)cc1.NC(c1ccccc1)C(O)c1ccccc1. The van der Waals surface area contributed by atoms with Gasteiger partial charge in [0, 0.05) is 11.1 Å². The molecule has 6 N–H and O–H groups in total. The molecule has 0 bridgehead atoms. The zero-order valence-electron chi connectivity index (χ0n) is 15.8. The van der Waals surface area contributed by atoms with Crippen molar-refractivity contribution in [2.75, 3.05) is 0 Å². The quantitative estimate of drug-likeness (QED) is 0.519. The monoisotopic (exact) mass is 398 g/mol. The first-order chi connectivity index (χ1) is 13.4. The number of aliphatic hydroxyl groups is 2. The molecule has 0 aliphatic carbocycles. The summed E-state index contributed by atoms with van der Waals surface area (Å²) in [5.41, 5.74) is 14.1. The van der Waals surface area contributed by atoms with E-state index in [4.69, 9.17) is 23.1 Å².